The van der Waals surface area contributed by atoms with Gasteiger partial charge in [-0.1, -0.05) is 5.57 Å². The van der Waals surface area contributed by atoms with Gasteiger partial charge >= 0.3 is 0 Å². The molecule has 1 aromatic rings. The maximum Gasteiger partial charge on any atom is 0.224 e. The van der Waals surface area contributed by atoms with Gasteiger partial charge in [-0.05, 0) is 63.4 Å². The van der Waals surface area contributed by atoms with Crippen molar-refractivity contribution in [3.05, 3.63) is 23.2 Å². The van der Waals surface area contributed by atoms with Gasteiger partial charge in [0.25, 0.3) is 0 Å². The van der Waals surface area contributed by atoms with E-state index >= 15 is 0 Å². The maximum absolute atomic E-state index is 9.95. The van der Waals surface area contributed by atoms with Crippen LogP contribution in [0.1, 0.15) is 63.1 Å². The average Bonchev–Trinajstić information content (AvgIpc) is 3.29. The predicted octanol–water partition coefficient (Wildman–Crippen LogP) is 2.99. The lowest BCUT2D eigenvalue weighted by atomic mass is 9.90. The fourth-order valence-corrected chi connectivity index (χ4v) is 5.86. The molecule has 3 aliphatic carbocycles. The Labute approximate surface area is 173 Å². The minimum atomic E-state index is -0.277. The molecule has 158 valence electrons. The lowest BCUT2D eigenvalue weighted by Crippen LogP contribution is -2.46. The van der Waals surface area contributed by atoms with E-state index in [0.717, 1.165) is 82.0 Å². The molecule has 1 aromatic heterocycles. The first-order valence-corrected chi connectivity index (χ1v) is 11.4. The summed E-state index contributed by atoms with van der Waals surface area (Å²) in [5.74, 6) is 1.20. The van der Waals surface area contributed by atoms with Crippen LogP contribution in [0, 0.1) is 5.92 Å². The SMILES string of the molecule is C[C@H](O)C[C@H]1CCC2=C1c1c(ncnc1OC1CCC(N3CCOCC3)CC1)C2. The summed E-state index contributed by atoms with van der Waals surface area (Å²) in [6.45, 7) is 5.76. The lowest BCUT2D eigenvalue weighted by molar-refractivity contribution is -0.00143. The number of morpholine rings is 1. The zero-order chi connectivity index (χ0) is 19.8. The first kappa shape index (κ1) is 19.5. The van der Waals surface area contributed by atoms with Gasteiger partial charge in [0.2, 0.25) is 5.88 Å². The summed E-state index contributed by atoms with van der Waals surface area (Å²) in [4.78, 5) is 11.7. The number of rotatable bonds is 5. The Kier molecular flexibility index (Phi) is 5.59. The molecule has 1 saturated heterocycles. The highest BCUT2D eigenvalue weighted by atomic mass is 16.5. The highest BCUT2D eigenvalue weighted by Gasteiger charge is 2.37. The second-order valence-corrected chi connectivity index (χ2v) is 9.21. The van der Waals surface area contributed by atoms with Crippen molar-refractivity contribution >= 4 is 5.57 Å². The first-order valence-electron chi connectivity index (χ1n) is 11.4. The van der Waals surface area contributed by atoms with Crippen molar-refractivity contribution in [3.63, 3.8) is 0 Å². The smallest absolute Gasteiger partial charge is 0.224 e. The highest BCUT2D eigenvalue weighted by Crippen LogP contribution is 2.50. The Morgan fingerprint density at radius 3 is 2.72 bits per heavy atom. The van der Waals surface area contributed by atoms with E-state index in [1.807, 2.05) is 6.92 Å². The Morgan fingerprint density at radius 1 is 1.17 bits per heavy atom. The van der Waals surface area contributed by atoms with E-state index in [9.17, 15) is 5.11 Å². The standard InChI is InChI=1S/C23H33N3O3/c1-15(27)12-16-2-3-17-13-20-22(21(16)17)23(25-14-24-20)29-19-6-4-18(5-7-19)26-8-10-28-11-9-26/h14-16,18-19,27H,2-13H2,1H3/t15-,16+,18?,19?/m0/s1. The molecule has 2 atom stereocenters. The van der Waals surface area contributed by atoms with Gasteiger partial charge in [-0.2, -0.15) is 0 Å². The number of aromatic nitrogens is 2. The molecule has 6 nitrogen and oxygen atoms in total. The summed E-state index contributed by atoms with van der Waals surface area (Å²) in [7, 11) is 0. The molecule has 1 aliphatic heterocycles. The Hall–Kier alpha value is -1.50. The second kappa shape index (κ2) is 8.32. The van der Waals surface area contributed by atoms with Crippen LogP contribution in [0.2, 0.25) is 0 Å². The number of fused-ring (bicyclic) bond motifs is 2. The van der Waals surface area contributed by atoms with E-state index in [1.54, 1.807) is 6.33 Å². The van der Waals surface area contributed by atoms with Crippen molar-refractivity contribution in [2.75, 3.05) is 26.3 Å². The van der Waals surface area contributed by atoms with Gasteiger partial charge in [0.05, 0.1) is 30.6 Å². The van der Waals surface area contributed by atoms with Gasteiger partial charge in [0.1, 0.15) is 12.4 Å². The summed E-state index contributed by atoms with van der Waals surface area (Å²) in [5, 5.41) is 9.95. The molecule has 29 heavy (non-hydrogen) atoms. The monoisotopic (exact) mass is 399 g/mol. The summed E-state index contributed by atoms with van der Waals surface area (Å²) >= 11 is 0. The molecule has 1 N–H and O–H groups in total. The minimum absolute atomic E-state index is 0.243. The van der Waals surface area contributed by atoms with Crippen LogP contribution >= 0.6 is 0 Å². The number of nitrogens with zero attached hydrogens (tertiary/aromatic N) is 3. The molecule has 1 saturated carbocycles. The zero-order valence-electron chi connectivity index (χ0n) is 17.5. The highest BCUT2D eigenvalue weighted by molar-refractivity contribution is 5.81. The van der Waals surface area contributed by atoms with Gasteiger partial charge in [0.15, 0.2) is 0 Å². The Bertz CT molecular complexity index is 765. The minimum Gasteiger partial charge on any atom is -0.474 e. The van der Waals surface area contributed by atoms with Crippen molar-refractivity contribution in [1.29, 1.82) is 0 Å². The fourth-order valence-electron chi connectivity index (χ4n) is 5.86. The van der Waals surface area contributed by atoms with E-state index in [4.69, 9.17) is 9.47 Å². The van der Waals surface area contributed by atoms with Crippen molar-refractivity contribution in [3.8, 4) is 5.88 Å². The molecule has 0 bridgehead atoms. The number of aliphatic hydroxyl groups excluding tert-OH is 1. The molecule has 4 aliphatic rings. The van der Waals surface area contributed by atoms with Crippen LogP contribution in [0.5, 0.6) is 5.88 Å². The largest absolute Gasteiger partial charge is 0.474 e. The summed E-state index contributed by atoms with van der Waals surface area (Å²) in [6.07, 6.45) is 10.2. The zero-order valence-corrected chi connectivity index (χ0v) is 17.5. The second-order valence-electron chi connectivity index (χ2n) is 9.21. The number of hydrogen-bond donors (Lipinski definition) is 1. The molecule has 0 spiro atoms. The van der Waals surface area contributed by atoms with Crippen LogP contribution in [0.4, 0.5) is 0 Å². The van der Waals surface area contributed by atoms with E-state index < -0.39 is 0 Å². The van der Waals surface area contributed by atoms with Gasteiger partial charge in [-0.3, -0.25) is 4.90 Å². The molecule has 2 fully saturated rings. The van der Waals surface area contributed by atoms with Crippen molar-refractivity contribution in [2.45, 2.75) is 76.5 Å². The van der Waals surface area contributed by atoms with Crippen molar-refractivity contribution < 1.29 is 14.6 Å². The van der Waals surface area contributed by atoms with Gasteiger partial charge in [-0.15, -0.1) is 0 Å². The van der Waals surface area contributed by atoms with Crippen LogP contribution in [0.15, 0.2) is 11.9 Å². The normalized spacial score (nSPS) is 30.9. The van der Waals surface area contributed by atoms with Crippen molar-refractivity contribution in [2.24, 2.45) is 5.92 Å². The molecule has 0 radical (unpaired) electrons. The molecule has 2 heterocycles. The average molecular weight is 400 g/mol. The lowest BCUT2D eigenvalue weighted by Gasteiger charge is -2.38. The molecule has 0 aromatic carbocycles. The van der Waals surface area contributed by atoms with Crippen LogP contribution < -0.4 is 4.74 Å². The summed E-state index contributed by atoms with van der Waals surface area (Å²) < 4.78 is 12.0. The van der Waals surface area contributed by atoms with E-state index in [1.165, 1.54) is 24.0 Å². The molecular weight excluding hydrogens is 366 g/mol. The molecule has 0 amide bonds. The van der Waals surface area contributed by atoms with E-state index in [2.05, 4.69) is 14.9 Å². The molecule has 0 unspecified atom stereocenters. The quantitative estimate of drug-likeness (QED) is 0.821. The van der Waals surface area contributed by atoms with Crippen LogP contribution in [-0.4, -0.2) is 64.5 Å². The van der Waals surface area contributed by atoms with Gasteiger partial charge < -0.3 is 14.6 Å². The third-order valence-corrected chi connectivity index (χ3v) is 7.23. The summed E-state index contributed by atoms with van der Waals surface area (Å²) in [6, 6.07) is 0.675. The summed E-state index contributed by atoms with van der Waals surface area (Å²) in [5.41, 5.74) is 5.16. The van der Waals surface area contributed by atoms with Gasteiger partial charge in [-0.25, -0.2) is 9.97 Å². The number of hydrogen-bond acceptors (Lipinski definition) is 6. The topological polar surface area (TPSA) is 67.7 Å². The Balaban J connectivity index is 1.27. The predicted molar refractivity (Wildman–Crippen MR) is 111 cm³/mol. The number of allylic oxidation sites excluding steroid dienone is 2. The van der Waals surface area contributed by atoms with Gasteiger partial charge in [0, 0.05) is 25.6 Å². The van der Waals surface area contributed by atoms with E-state index in [-0.39, 0.29) is 12.2 Å². The van der Waals surface area contributed by atoms with Crippen LogP contribution in [-0.2, 0) is 11.2 Å². The third kappa shape index (κ3) is 3.94. The Morgan fingerprint density at radius 2 is 1.97 bits per heavy atom. The molecule has 5 rings (SSSR count). The number of aliphatic hydroxyl groups is 1. The van der Waals surface area contributed by atoms with Crippen molar-refractivity contribution in [1.82, 2.24) is 14.9 Å². The van der Waals surface area contributed by atoms with E-state index in [0.29, 0.717) is 12.0 Å². The third-order valence-electron chi connectivity index (χ3n) is 7.23. The first-order chi connectivity index (χ1) is 14.2. The molecular formula is C23H33N3O3. The number of ether oxygens (including phenoxy) is 2. The molecule has 6 heteroatoms. The fraction of sp³-hybridized carbons (Fsp3) is 0.739. The van der Waals surface area contributed by atoms with Crippen LogP contribution in [0.3, 0.4) is 0 Å². The van der Waals surface area contributed by atoms with Crippen LogP contribution in [0.25, 0.3) is 5.57 Å². The maximum atomic E-state index is 9.95.